The monoisotopic (exact) mass is 475 g/mol. The number of rotatable bonds is 5. The molecular weight excluding hydrogens is 460 g/mol. The molecule has 1 unspecified atom stereocenters. The van der Waals surface area contributed by atoms with E-state index in [1.165, 1.54) is 35.3 Å². The lowest BCUT2D eigenvalue weighted by atomic mass is 10.1. The fourth-order valence-corrected chi connectivity index (χ4v) is 5.58. The maximum Gasteiger partial charge on any atom is 0.247 e. The Hall–Kier alpha value is -1.60. The molecule has 0 spiro atoms. The molecule has 1 atom stereocenters. The van der Waals surface area contributed by atoms with Gasteiger partial charge in [-0.2, -0.15) is 0 Å². The van der Waals surface area contributed by atoms with Crippen molar-refractivity contribution in [3.05, 3.63) is 74.5 Å². The molecule has 4 nitrogen and oxygen atoms in total. The number of sulfone groups is 1. The van der Waals surface area contributed by atoms with Crippen molar-refractivity contribution >= 4 is 56.6 Å². The molecule has 2 aromatic rings. The van der Waals surface area contributed by atoms with E-state index >= 15 is 0 Å². The van der Waals surface area contributed by atoms with Crippen molar-refractivity contribution in [1.29, 1.82) is 0 Å². The van der Waals surface area contributed by atoms with Gasteiger partial charge in [0.05, 0.1) is 18.1 Å². The number of carbonyl (C=O) groups is 1. The third-order valence-electron chi connectivity index (χ3n) is 4.69. The van der Waals surface area contributed by atoms with Crippen molar-refractivity contribution in [2.75, 3.05) is 11.5 Å². The van der Waals surface area contributed by atoms with E-state index in [4.69, 9.17) is 34.8 Å². The predicted octanol–water partition coefficient (Wildman–Crippen LogP) is 5.02. The summed E-state index contributed by atoms with van der Waals surface area (Å²) in [6.07, 6.45) is 3.09. The van der Waals surface area contributed by atoms with Gasteiger partial charge < -0.3 is 4.90 Å². The van der Waals surface area contributed by atoms with Crippen LogP contribution in [0, 0.1) is 5.82 Å². The van der Waals surface area contributed by atoms with Gasteiger partial charge in [0.1, 0.15) is 5.82 Å². The molecule has 0 N–H and O–H groups in total. The highest BCUT2D eigenvalue weighted by molar-refractivity contribution is 7.91. The molecule has 1 heterocycles. The average Bonchev–Trinajstić information content (AvgIpc) is 3.00. The van der Waals surface area contributed by atoms with Gasteiger partial charge in [0, 0.05) is 32.7 Å². The molecule has 1 aliphatic heterocycles. The smallest absolute Gasteiger partial charge is 0.247 e. The molecule has 3 rings (SSSR count). The molecule has 0 aromatic heterocycles. The number of nitrogens with zero attached hydrogens (tertiary/aromatic N) is 1. The van der Waals surface area contributed by atoms with E-state index in [0.29, 0.717) is 15.6 Å². The lowest BCUT2D eigenvalue weighted by molar-refractivity contribution is -0.128. The van der Waals surface area contributed by atoms with Crippen molar-refractivity contribution in [3.63, 3.8) is 0 Å². The molecule has 1 amide bonds. The zero-order chi connectivity index (χ0) is 21.2. The fourth-order valence-electron chi connectivity index (χ4n) is 3.16. The van der Waals surface area contributed by atoms with Gasteiger partial charge >= 0.3 is 0 Å². The molecule has 1 fully saturated rings. The molecular formula is C20H17Cl3FNO3S. The van der Waals surface area contributed by atoms with Crippen LogP contribution in [0.15, 0.2) is 42.5 Å². The number of amides is 1. The van der Waals surface area contributed by atoms with Crippen LogP contribution in [-0.2, 0) is 21.2 Å². The summed E-state index contributed by atoms with van der Waals surface area (Å²) in [7, 11) is -3.25. The van der Waals surface area contributed by atoms with E-state index in [-0.39, 0.29) is 35.1 Å². The van der Waals surface area contributed by atoms with Crippen LogP contribution in [0.2, 0.25) is 15.1 Å². The third-order valence-corrected chi connectivity index (χ3v) is 7.36. The second-order valence-electron chi connectivity index (χ2n) is 6.72. The minimum absolute atomic E-state index is 0.0147. The zero-order valence-electron chi connectivity index (χ0n) is 15.1. The summed E-state index contributed by atoms with van der Waals surface area (Å²) >= 11 is 18.1. The molecule has 154 valence electrons. The van der Waals surface area contributed by atoms with Crippen molar-refractivity contribution in [2.24, 2.45) is 0 Å². The molecule has 0 bridgehead atoms. The van der Waals surface area contributed by atoms with E-state index in [2.05, 4.69) is 0 Å². The summed E-state index contributed by atoms with van der Waals surface area (Å²) in [5.74, 6) is -1.20. The number of carbonyl (C=O) groups excluding carboxylic acids is 1. The first-order valence-electron chi connectivity index (χ1n) is 8.73. The highest BCUT2D eigenvalue weighted by atomic mass is 35.5. The van der Waals surface area contributed by atoms with E-state index in [9.17, 15) is 17.6 Å². The SMILES string of the molecule is O=C(/C=C/c1ccc(Cl)cc1Cl)N(Cc1c(F)cccc1Cl)C1CCS(=O)(=O)C1. The van der Waals surface area contributed by atoms with Gasteiger partial charge in [-0.15, -0.1) is 0 Å². The highest BCUT2D eigenvalue weighted by Crippen LogP contribution is 2.26. The number of hydrogen-bond acceptors (Lipinski definition) is 3. The standard InChI is InChI=1S/C20H17Cl3FNO3S/c21-14-6-4-13(18(23)10-14)5-7-20(26)25(15-8-9-29(27,28)12-15)11-16-17(22)2-1-3-19(16)24/h1-7,10,15H,8-9,11-12H2/b7-5+. The van der Waals surface area contributed by atoms with Gasteiger partial charge in [-0.3, -0.25) is 4.79 Å². The van der Waals surface area contributed by atoms with Crippen molar-refractivity contribution in [2.45, 2.75) is 19.0 Å². The van der Waals surface area contributed by atoms with E-state index < -0.39 is 27.6 Å². The summed E-state index contributed by atoms with van der Waals surface area (Å²) in [5, 5.41) is 1.01. The van der Waals surface area contributed by atoms with Crippen LogP contribution in [0.3, 0.4) is 0 Å². The van der Waals surface area contributed by atoms with Crippen molar-refractivity contribution in [3.8, 4) is 0 Å². The predicted molar refractivity (Wildman–Crippen MR) is 115 cm³/mol. The Bertz CT molecular complexity index is 1050. The fraction of sp³-hybridized carbons (Fsp3) is 0.250. The van der Waals surface area contributed by atoms with E-state index in [1.54, 1.807) is 18.2 Å². The lowest BCUT2D eigenvalue weighted by Crippen LogP contribution is -2.40. The molecule has 2 aromatic carbocycles. The van der Waals surface area contributed by atoms with Crippen molar-refractivity contribution < 1.29 is 17.6 Å². The van der Waals surface area contributed by atoms with Gasteiger partial charge in [0.2, 0.25) is 5.91 Å². The quantitative estimate of drug-likeness (QED) is 0.570. The maximum absolute atomic E-state index is 14.3. The Kier molecular flexibility index (Phi) is 6.89. The maximum atomic E-state index is 14.3. The molecule has 29 heavy (non-hydrogen) atoms. The van der Waals surface area contributed by atoms with Gasteiger partial charge in [0.15, 0.2) is 9.84 Å². The van der Waals surface area contributed by atoms with Gasteiger partial charge in [-0.05, 0) is 42.3 Å². The van der Waals surface area contributed by atoms with Crippen LogP contribution in [-0.4, -0.2) is 36.8 Å². The van der Waals surface area contributed by atoms with Gasteiger partial charge in [-0.25, -0.2) is 12.8 Å². The van der Waals surface area contributed by atoms with E-state index in [1.807, 2.05) is 0 Å². The molecule has 0 saturated carbocycles. The largest absolute Gasteiger partial charge is 0.331 e. The second-order valence-corrected chi connectivity index (χ2v) is 10.2. The summed E-state index contributed by atoms with van der Waals surface area (Å²) in [5.41, 5.74) is 0.720. The molecule has 1 aliphatic rings. The molecule has 0 radical (unpaired) electrons. The molecule has 0 aliphatic carbocycles. The number of hydrogen-bond donors (Lipinski definition) is 0. The Morgan fingerprint density at radius 2 is 1.93 bits per heavy atom. The Balaban J connectivity index is 1.90. The van der Waals surface area contributed by atoms with Gasteiger partial charge in [-0.1, -0.05) is 46.9 Å². The Morgan fingerprint density at radius 3 is 2.55 bits per heavy atom. The lowest BCUT2D eigenvalue weighted by Gasteiger charge is -2.28. The summed E-state index contributed by atoms with van der Waals surface area (Å²) < 4.78 is 38.1. The normalized spacial score (nSPS) is 18.3. The molecule has 1 saturated heterocycles. The van der Waals surface area contributed by atoms with Crippen LogP contribution >= 0.6 is 34.8 Å². The van der Waals surface area contributed by atoms with Crippen LogP contribution < -0.4 is 0 Å². The van der Waals surface area contributed by atoms with Crippen molar-refractivity contribution in [1.82, 2.24) is 4.90 Å². The first-order valence-corrected chi connectivity index (χ1v) is 11.7. The summed E-state index contributed by atoms with van der Waals surface area (Å²) in [6, 6.07) is 8.53. The summed E-state index contributed by atoms with van der Waals surface area (Å²) in [6.45, 7) is -0.136. The topological polar surface area (TPSA) is 54.5 Å². The highest BCUT2D eigenvalue weighted by Gasteiger charge is 2.34. The average molecular weight is 477 g/mol. The Morgan fingerprint density at radius 1 is 1.17 bits per heavy atom. The first kappa shape index (κ1) is 22.1. The summed E-state index contributed by atoms with van der Waals surface area (Å²) in [4.78, 5) is 14.3. The Labute approximate surface area is 183 Å². The molecule has 9 heteroatoms. The number of benzene rings is 2. The minimum Gasteiger partial charge on any atom is -0.331 e. The zero-order valence-corrected chi connectivity index (χ0v) is 18.2. The van der Waals surface area contributed by atoms with Crippen LogP contribution in [0.25, 0.3) is 6.08 Å². The minimum atomic E-state index is -3.25. The van der Waals surface area contributed by atoms with E-state index in [0.717, 1.165) is 0 Å². The second kappa shape index (κ2) is 9.04. The van der Waals surface area contributed by atoms with Crippen LogP contribution in [0.1, 0.15) is 17.5 Å². The first-order chi connectivity index (χ1) is 13.7. The van der Waals surface area contributed by atoms with Crippen LogP contribution in [0.4, 0.5) is 4.39 Å². The third kappa shape index (κ3) is 5.51. The van der Waals surface area contributed by atoms with Crippen LogP contribution in [0.5, 0.6) is 0 Å². The van der Waals surface area contributed by atoms with Gasteiger partial charge in [0.25, 0.3) is 0 Å². The number of halogens is 4.